The Balaban J connectivity index is 2.24. The summed E-state index contributed by atoms with van der Waals surface area (Å²) < 4.78 is 12.9. The largest absolute Gasteiger partial charge is 0.396 e. The van der Waals surface area contributed by atoms with E-state index in [1.807, 2.05) is 0 Å². The molecular formula is C10H11FN2O. The minimum Gasteiger partial charge on any atom is -0.396 e. The van der Waals surface area contributed by atoms with Crippen molar-refractivity contribution in [1.29, 1.82) is 0 Å². The minimum absolute atomic E-state index is 0.0397. The van der Waals surface area contributed by atoms with Gasteiger partial charge in [-0.3, -0.25) is 4.79 Å². The van der Waals surface area contributed by atoms with Gasteiger partial charge in [-0.25, -0.2) is 4.39 Å². The first-order chi connectivity index (χ1) is 6.66. The number of halogens is 1. The lowest BCUT2D eigenvalue weighted by Gasteiger charge is -2.08. The monoisotopic (exact) mass is 194 g/mol. The number of anilines is 1. The van der Waals surface area contributed by atoms with E-state index in [4.69, 9.17) is 5.73 Å². The molecule has 1 aliphatic heterocycles. The topological polar surface area (TPSA) is 55.1 Å². The third kappa shape index (κ3) is 1.55. The summed E-state index contributed by atoms with van der Waals surface area (Å²) >= 11 is 0. The highest BCUT2D eigenvalue weighted by Crippen LogP contribution is 2.25. The van der Waals surface area contributed by atoms with Crippen molar-refractivity contribution < 1.29 is 9.18 Å². The number of carbonyl (C=O) groups is 1. The smallest absolute Gasteiger partial charge is 0.220 e. The second kappa shape index (κ2) is 3.29. The fourth-order valence-corrected chi connectivity index (χ4v) is 1.66. The normalized spacial score (nSPS) is 20.9. The first-order valence-corrected chi connectivity index (χ1v) is 4.48. The Labute approximate surface area is 81.1 Å². The average molecular weight is 194 g/mol. The Kier molecular flexibility index (Phi) is 2.11. The van der Waals surface area contributed by atoms with E-state index in [-0.39, 0.29) is 17.5 Å². The molecule has 2 rings (SSSR count). The second-order valence-electron chi connectivity index (χ2n) is 3.49. The third-order valence-corrected chi connectivity index (χ3v) is 2.47. The fourth-order valence-electron chi connectivity index (χ4n) is 1.66. The average Bonchev–Trinajstić information content (AvgIpc) is 2.57. The fraction of sp³-hybridized carbons (Fsp3) is 0.300. The van der Waals surface area contributed by atoms with Crippen molar-refractivity contribution in [3.05, 3.63) is 29.6 Å². The molecule has 3 N–H and O–H groups in total. The number of carbonyl (C=O) groups excluding carboxylic acids is 1. The summed E-state index contributed by atoms with van der Waals surface area (Å²) in [6.45, 7) is 0.615. The van der Waals surface area contributed by atoms with Gasteiger partial charge in [0.15, 0.2) is 0 Å². The van der Waals surface area contributed by atoms with Crippen LogP contribution in [0.4, 0.5) is 10.1 Å². The van der Waals surface area contributed by atoms with Crippen LogP contribution in [0, 0.1) is 5.82 Å². The van der Waals surface area contributed by atoms with Crippen molar-refractivity contribution in [1.82, 2.24) is 5.32 Å². The highest BCUT2D eigenvalue weighted by atomic mass is 19.1. The lowest BCUT2D eigenvalue weighted by molar-refractivity contribution is -0.119. The minimum atomic E-state index is -0.411. The van der Waals surface area contributed by atoms with E-state index in [9.17, 15) is 9.18 Å². The number of rotatable bonds is 1. The molecule has 1 saturated heterocycles. The maximum absolute atomic E-state index is 12.9. The van der Waals surface area contributed by atoms with Gasteiger partial charge in [0, 0.05) is 18.9 Å². The summed E-state index contributed by atoms with van der Waals surface area (Å²) in [6, 6.07) is 4.62. The van der Waals surface area contributed by atoms with Crippen LogP contribution >= 0.6 is 0 Å². The van der Waals surface area contributed by atoms with Crippen LogP contribution in [0.2, 0.25) is 0 Å². The van der Waals surface area contributed by atoms with Crippen molar-refractivity contribution >= 4 is 11.6 Å². The van der Waals surface area contributed by atoms with Gasteiger partial charge in [0.1, 0.15) is 5.82 Å². The number of nitrogen functional groups attached to an aromatic ring is 1. The van der Waals surface area contributed by atoms with Crippen molar-refractivity contribution in [3.8, 4) is 0 Å². The number of hydrogen-bond donors (Lipinski definition) is 2. The molecule has 1 amide bonds. The molecule has 4 heteroatoms. The third-order valence-electron chi connectivity index (χ3n) is 2.47. The van der Waals surface area contributed by atoms with Gasteiger partial charge < -0.3 is 11.1 Å². The molecule has 14 heavy (non-hydrogen) atoms. The quantitative estimate of drug-likeness (QED) is 0.655. The van der Waals surface area contributed by atoms with Crippen LogP contribution in [0.1, 0.15) is 17.9 Å². The zero-order chi connectivity index (χ0) is 10.1. The molecule has 1 unspecified atom stereocenters. The molecular weight excluding hydrogens is 183 g/mol. The zero-order valence-corrected chi connectivity index (χ0v) is 7.59. The summed E-state index contributed by atoms with van der Waals surface area (Å²) in [7, 11) is 0. The van der Waals surface area contributed by atoms with Crippen LogP contribution in [0.25, 0.3) is 0 Å². The molecule has 1 heterocycles. The molecule has 0 aromatic heterocycles. The standard InChI is InChI=1S/C10H11FN2O/c11-8-2-1-6(3-9(8)12)7-4-10(14)13-5-7/h1-3,7H,4-5,12H2,(H,13,14). The van der Waals surface area contributed by atoms with Gasteiger partial charge >= 0.3 is 0 Å². The zero-order valence-electron chi connectivity index (χ0n) is 7.59. The molecule has 1 aliphatic rings. The van der Waals surface area contributed by atoms with Crippen LogP contribution in [0.3, 0.4) is 0 Å². The Bertz CT molecular complexity index is 378. The lowest BCUT2D eigenvalue weighted by Crippen LogP contribution is -2.13. The van der Waals surface area contributed by atoms with Gasteiger partial charge in [0.25, 0.3) is 0 Å². The Hall–Kier alpha value is -1.58. The van der Waals surface area contributed by atoms with Gasteiger partial charge in [-0.05, 0) is 17.7 Å². The predicted octanol–water partition coefficient (Wildman–Crippen LogP) is 1.01. The van der Waals surface area contributed by atoms with E-state index in [1.165, 1.54) is 6.07 Å². The van der Waals surface area contributed by atoms with E-state index >= 15 is 0 Å². The number of nitrogens with two attached hydrogens (primary N) is 1. The molecule has 0 bridgehead atoms. The van der Waals surface area contributed by atoms with Crippen LogP contribution in [0.15, 0.2) is 18.2 Å². The van der Waals surface area contributed by atoms with E-state index in [0.717, 1.165) is 5.56 Å². The summed E-state index contributed by atoms with van der Waals surface area (Å²) in [5, 5.41) is 2.73. The van der Waals surface area contributed by atoms with Crippen LogP contribution in [-0.4, -0.2) is 12.5 Å². The second-order valence-corrected chi connectivity index (χ2v) is 3.49. The Morgan fingerprint density at radius 3 is 2.86 bits per heavy atom. The SMILES string of the molecule is Nc1cc(C2CNC(=O)C2)ccc1F. The van der Waals surface area contributed by atoms with Crippen LogP contribution in [-0.2, 0) is 4.79 Å². The first kappa shape index (κ1) is 8.99. The summed E-state index contributed by atoms with van der Waals surface area (Å²) in [5.74, 6) is -0.241. The van der Waals surface area contributed by atoms with Crippen molar-refractivity contribution in [2.45, 2.75) is 12.3 Å². The summed E-state index contributed by atoms with van der Waals surface area (Å²) in [4.78, 5) is 11.0. The number of nitrogens with one attached hydrogen (secondary N) is 1. The first-order valence-electron chi connectivity index (χ1n) is 4.48. The van der Waals surface area contributed by atoms with Crippen molar-refractivity contribution in [2.24, 2.45) is 0 Å². The molecule has 0 radical (unpaired) electrons. The molecule has 3 nitrogen and oxygen atoms in total. The van der Waals surface area contributed by atoms with Gasteiger partial charge in [-0.1, -0.05) is 6.07 Å². The Morgan fingerprint density at radius 1 is 1.50 bits per heavy atom. The van der Waals surface area contributed by atoms with Crippen molar-refractivity contribution in [2.75, 3.05) is 12.3 Å². The van der Waals surface area contributed by atoms with E-state index < -0.39 is 5.82 Å². The summed E-state index contributed by atoms with van der Waals surface area (Å²) in [6.07, 6.45) is 0.463. The highest BCUT2D eigenvalue weighted by Gasteiger charge is 2.23. The number of amides is 1. The van der Waals surface area contributed by atoms with E-state index in [2.05, 4.69) is 5.32 Å². The van der Waals surface area contributed by atoms with Gasteiger partial charge in [0.05, 0.1) is 5.69 Å². The highest BCUT2D eigenvalue weighted by molar-refractivity contribution is 5.79. The lowest BCUT2D eigenvalue weighted by atomic mass is 9.98. The number of hydrogen-bond acceptors (Lipinski definition) is 2. The predicted molar refractivity (Wildman–Crippen MR) is 51.2 cm³/mol. The van der Waals surface area contributed by atoms with Crippen molar-refractivity contribution in [3.63, 3.8) is 0 Å². The molecule has 74 valence electrons. The van der Waals surface area contributed by atoms with E-state index in [0.29, 0.717) is 13.0 Å². The molecule has 1 aromatic rings. The van der Waals surface area contributed by atoms with Gasteiger partial charge in [-0.2, -0.15) is 0 Å². The molecule has 1 aromatic carbocycles. The van der Waals surface area contributed by atoms with Crippen LogP contribution < -0.4 is 11.1 Å². The molecule has 0 aliphatic carbocycles. The molecule has 0 spiro atoms. The maximum Gasteiger partial charge on any atom is 0.220 e. The molecule has 1 atom stereocenters. The molecule has 1 fully saturated rings. The molecule has 0 saturated carbocycles. The summed E-state index contributed by atoms with van der Waals surface area (Å²) in [5.41, 5.74) is 6.50. The number of benzene rings is 1. The van der Waals surface area contributed by atoms with E-state index in [1.54, 1.807) is 12.1 Å². The van der Waals surface area contributed by atoms with Crippen LogP contribution in [0.5, 0.6) is 0 Å². The van der Waals surface area contributed by atoms with Gasteiger partial charge in [-0.15, -0.1) is 0 Å². The Morgan fingerprint density at radius 2 is 2.29 bits per heavy atom. The van der Waals surface area contributed by atoms with Gasteiger partial charge in [0.2, 0.25) is 5.91 Å². The maximum atomic E-state index is 12.9.